The average molecular weight is 422 g/mol. The van der Waals surface area contributed by atoms with Crippen LogP contribution in [-0.4, -0.2) is 51.2 Å². The van der Waals surface area contributed by atoms with E-state index in [1.165, 1.54) is 0 Å². The van der Waals surface area contributed by atoms with Gasteiger partial charge in [0.1, 0.15) is 17.2 Å². The maximum Gasteiger partial charge on any atom is 0.227 e. The fraction of sp³-hybridized carbons (Fsp3) is 0.238. The fourth-order valence-corrected chi connectivity index (χ4v) is 3.68. The zero-order chi connectivity index (χ0) is 20.5. The molecule has 30 heavy (non-hydrogen) atoms. The smallest absolute Gasteiger partial charge is 0.227 e. The first-order valence-electron chi connectivity index (χ1n) is 9.72. The van der Waals surface area contributed by atoms with Crippen molar-refractivity contribution < 1.29 is 4.74 Å². The molecule has 1 aliphatic rings. The third kappa shape index (κ3) is 3.67. The van der Waals surface area contributed by atoms with Gasteiger partial charge < -0.3 is 19.9 Å². The normalized spacial score (nSPS) is 14.3. The maximum absolute atomic E-state index is 6.34. The summed E-state index contributed by atoms with van der Waals surface area (Å²) in [7, 11) is 0. The summed E-state index contributed by atoms with van der Waals surface area (Å²) in [5, 5.41) is 3.95. The first kappa shape index (κ1) is 18.8. The topological polar surface area (TPSA) is 91.9 Å². The number of rotatable bonds is 4. The Hall–Kier alpha value is -3.23. The molecule has 5 rings (SSSR count). The molecule has 4 aromatic rings. The monoisotopic (exact) mass is 421 g/mol. The summed E-state index contributed by atoms with van der Waals surface area (Å²) >= 11 is 6.34. The molecule has 0 saturated carbocycles. The molecule has 0 radical (unpaired) electrons. The number of aromatic nitrogens is 5. The van der Waals surface area contributed by atoms with E-state index in [1.54, 1.807) is 6.20 Å². The van der Waals surface area contributed by atoms with E-state index in [0.29, 0.717) is 41.6 Å². The van der Waals surface area contributed by atoms with Crippen LogP contribution in [0.1, 0.15) is 5.69 Å². The number of anilines is 3. The number of hydrogen-bond acceptors (Lipinski definition) is 7. The molecule has 2 N–H and O–H groups in total. The van der Waals surface area contributed by atoms with Gasteiger partial charge in [0.05, 0.1) is 23.8 Å². The zero-order valence-corrected chi connectivity index (χ0v) is 17.1. The van der Waals surface area contributed by atoms with Gasteiger partial charge in [0.15, 0.2) is 5.82 Å². The highest BCUT2D eigenvalue weighted by atomic mass is 35.5. The molecule has 1 aliphatic heterocycles. The van der Waals surface area contributed by atoms with Crippen LogP contribution in [0.5, 0.6) is 0 Å². The average Bonchev–Trinajstić information content (AvgIpc) is 3.19. The molecule has 0 atom stereocenters. The van der Waals surface area contributed by atoms with Gasteiger partial charge >= 0.3 is 0 Å². The molecule has 0 amide bonds. The molecule has 4 heterocycles. The lowest BCUT2D eigenvalue weighted by molar-refractivity contribution is 0.122. The van der Waals surface area contributed by atoms with E-state index in [9.17, 15) is 0 Å². The molecule has 0 unspecified atom stereocenters. The number of imidazole rings is 1. The molecule has 0 aliphatic carbocycles. The molecule has 8 nitrogen and oxygen atoms in total. The summed E-state index contributed by atoms with van der Waals surface area (Å²) in [5.74, 6) is 2.67. The summed E-state index contributed by atoms with van der Waals surface area (Å²) in [4.78, 5) is 23.9. The van der Waals surface area contributed by atoms with Crippen LogP contribution in [0.15, 0.2) is 42.6 Å². The molecule has 9 heteroatoms. The second-order valence-corrected chi connectivity index (χ2v) is 7.45. The van der Waals surface area contributed by atoms with Gasteiger partial charge in [-0.2, -0.15) is 4.98 Å². The molecule has 152 valence electrons. The largest absolute Gasteiger partial charge is 0.378 e. The number of benzene rings is 1. The molecule has 1 saturated heterocycles. The first-order valence-corrected chi connectivity index (χ1v) is 10.1. The summed E-state index contributed by atoms with van der Waals surface area (Å²) in [6.07, 6.45) is 1.73. The van der Waals surface area contributed by atoms with Crippen molar-refractivity contribution in [3.8, 4) is 11.4 Å². The molecule has 0 spiro atoms. The standard InChI is InChI=1S/C21H20ClN7O/c1-13-12-17(27-21(24-13)29-8-10-30-11-9-29)26-20-18-16(6-7-23-20)25-19(28-18)14-4-2-3-5-15(14)22/h2-7,12H,8-11H2,1H3,(H,25,28)(H,23,24,26,27). The van der Waals surface area contributed by atoms with Gasteiger partial charge in [-0.1, -0.05) is 23.7 Å². The number of fused-ring (bicyclic) bond motifs is 1. The SMILES string of the molecule is Cc1cc(Nc2nccc3[nH]c(-c4ccccc4Cl)nc23)nc(N2CCOCC2)n1. The Morgan fingerprint density at radius 1 is 1.10 bits per heavy atom. The van der Waals surface area contributed by atoms with Gasteiger partial charge in [-0.15, -0.1) is 0 Å². The number of hydrogen-bond donors (Lipinski definition) is 2. The maximum atomic E-state index is 6.34. The van der Waals surface area contributed by atoms with Gasteiger partial charge in [0.25, 0.3) is 0 Å². The van der Waals surface area contributed by atoms with E-state index in [4.69, 9.17) is 21.3 Å². The van der Waals surface area contributed by atoms with Crippen molar-refractivity contribution in [3.05, 3.63) is 53.3 Å². The minimum absolute atomic E-state index is 0.619. The Labute approximate surface area is 178 Å². The molecule has 1 fully saturated rings. The number of nitrogens with zero attached hydrogens (tertiary/aromatic N) is 5. The Morgan fingerprint density at radius 2 is 1.93 bits per heavy atom. The minimum atomic E-state index is 0.619. The van der Waals surface area contributed by atoms with Crippen LogP contribution in [-0.2, 0) is 4.74 Å². The Kier molecular flexibility index (Phi) is 4.94. The summed E-state index contributed by atoms with van der Waals surface area (Å²) in [5.41, 5.74) is 3.30. The van der Waals surface area contributed by atoms with Crippen molar-refractivity contribution in [2.24, 2.45) is 0 Å². The highest BCUT2D eigenvalue weighted by molar-refractivity contribution is 6.33. The Morgan fingerprint density at radius 3 is 2.77 bits per heavy atom. The van der Waals surface area contributed by atoms with Crippen LogP contribution < -0.4 is 10.2 Å². The molecule has 1 aromatic carbocycles. The van der Waals surface area contributed by atoms with E-state index in [0.717, 1.165) is 35.4 Å². The number of nitrogens with one attached hydrogen (secondary N) is 2. The van der Waals surface area contributed by atoms with Crippen LogP contribution in [0, 0.1) is 6.92 Å². The van der Waals surface area contributed by atoms with Gasteiger partial charge in [-0.3, -0.25) is 0 Å². The second kappa shape index (κ2) is 7.89. The second-order valence-electron chi connectivity index (χ2n) is 7.04. The molecular formula is C21H20ClN7O. The van der Waals surface area contributed by atoms with Gasteiger partial charge in [-0.05, 0) is 25.1 Å². The van der Waals surface area contributed by atoms with Gasteiger partial charge in [-0.25, -0.2) is 15.0 Å². The number of halogens is 1. The van der Waals surface area contributed by atoms with Crippen LogP contribution in [0.4, 0.5) is 17.6 Å². The van der Waals surface area contributed by atoms with Crippen LogP contribution >= 0.6 is 11.6 Å². The predicted molar refractivity (Wildman–Crippen MR) is 117 cm³/mol. The molecule has 0 bridgehead atoms. The van der Waals surface area contributed by atoms with E-state index in [2.05, 4.69) is 30.2 Å². The highest BCUT2D eigenvalue weighted by Crippen LogP contribution is 2.30. The van der Waals surface area contributed by atoms with E-state index < -0.39 is 0 Å². The Bertz CT molecular complexity index is 1200. The quantitative estimate of drug-likeness (QED) is 0.515. The minimum Gasteiger partial charge on any atom is -0.378 e. The van der Waals surface area contributed by atoms with Gasteiger partial charge in [0, 0.05) is 36.6 Å². The number of morpholine rings is 1. The zero-order valence-electron chi connectivity index (χ0n) is 16.4. The lowest BCUT2D eigenvalue weighted by Gasteiger charge is -2.27. The van der Waals surface area contributed by atoms with E-state index >= 15 is 0 Å². The lowest BCUT2D eigenvalue weighted by atomic mass is 10.2. The number of aromatic amines is 1. The van der Waals surface area contributed by atoms with Crippen molar-refractivity contribution in [2.45, 2.75) is 6.92 Å². The summed E-state index contributed by atoms with van der Waals surface area (Å²) in [6.45, 7) is 4.86. The van der Waals surface area contributed by atoms with Crippen molar-refractivity contribution in [1.29, 1.82) is 0 Å². The number of H-pyrrole nitrogens is 1. The predicted octanol–water partition coefficient (Wildman–Crippen LogP) is 3.96. The van der Waals surface area contributed by atoms with Crippen LogP contribution in [0.25, 0.3) is 22.4 Å². The van der Waals surface area contributed by atoms with Gasteiger partial charge in [0.2, 0.25) is 5.95 Å². The summed E-state index contributed by atoms with van der Waals surface area (Å²) in [6, 6.07) is 11.4. The fourth-order valence-electron chi connectivity index (χ4n) is 3.45. The highest BCUT2D eigenvalue weighted by Gasteiger charge is 2.17. The molecular weight excluding hydrogens is 402 g/mol. The number of ether oxygens (including phenoxy) is 1. The third-order valence-corrected chi connectivity index (χ3v) is 5.24. The van der Waals surface area contributed by atoms with Crippen molar-refractivity contribution in [1.82, 2.24) is 24.9 Å². The van der Waals surface area contributed by atoms with Crippen molar-refractivity contribution in [3.63, 3.8) is 0 Å². The number of aryl methyl sites for hydroxylation is 1. The summed E-state index contributed by atoms with van der Waals surface area (Å²) < 4.78 is 5.43. The first-order chi connectivity index (χ1) is 14.7. The van der Waals surface area contributed by atoms with Crippen LogP contribution in [0.3, 0.4) is 0 Å². The Balaban J connectivity index is 1.50. The van der Waals surface area contributed by atoms with E-state index in [1.807, 2.05) is 43.3 Å². The lowest BCUT2D eigenvalue weighted by Crippen LogP contribution is -2.37. The number of pyridine rings is 1. The van der Waals surface area contributed by atoms with Crippen molar-refractivity contribution in [2.75, 3.05) is 36.5 Å². The van der Waals surface area contributed by atoms with Crippen molar-refractivity contribution >= 4 is 40.2 Å². The third-order valence-electron chi connectivity index (χ3n) is 4.91. The molecule has 3 aromatic heterocycles. The van der Waals surface area contributed by atoms with E-state index in [-0.39, 0.29) is 0 Å². The van der Waals surface area contributed by atoms with Crippen LogP contribution in [0.2, 0.25) is 5.02 Å².